The van der Waals surface area contributed by atoms with E-state index in [-0.39, 0.29) is 35.5 Å². The Balaban J connectivity index is 1.82. The van der Waals surface area contributed by atoms with Crippen molar-refractivity contribution in [2.45, 2.75) is 4.90 Å². The van der Waals surface area contributed by atoms with Crippen LogP contribution in [0.4, 0.5) is 5.69 Å². The zero-order chi connectivity index (χ0) is 16.2. The van der Waals surface area contributed by atoms with Crippen LogP contribution in [0, 0.1) is 16.0 Å². The van der Waals surface area contributed by atoms with Crippen molar-refractivity contribution in [2.75, 3.05) is 26.2 Å². The highest BCUT2D eigenvalue weighted by atomic mass is 32.2. The number of carbonyl (C=O) groups excluding carboxylic acids is 1. The second-order valence-corrected chi connectivity index (χ2v) is 6.56. The quantitative estimate of drug-likeness (QED) is 0.341. The van der Waals surface area contributed by atoms with Crippen molar-refractivity contribution in [3.8, 4) is 0 Å². The molecule has 1 saturated heterocycles. The first-order chi connectivity index (χ1) is 10.4. The number of non-ortho nitro benzene ring substituents is 1. The fraction of sp³-hybridized carbons (Fsp3) is 0.417. The Morgan fingerprint density at radius 1 is 1.27 bits per heavy atom. The standard InChI is InChI=1S/C12H16N4O5S/c17-12(9-7-13-8-9)14-5-6-15-22(20,21)11-3-1-10(2-4-11)16(18)19/h1-4,9,13,15H,5-8H2,(H,14,17). The molecule has 1 aromatic carbocycles. The number of nitro benzene ring substituents is 1. The van der Waals surface area contributed by atoms with Gasteiger partial charge in [0.15, 0.2) is 0 Å². The van der Waals surface area contributed by atoms with Gasteiger partial charge in [-0.15, -0.1) is 0 Å². The van der Waals surface area contributed by atoms with Gasteiger partial charge < -0.3 is 10.6 Å². The molecule has 1 aromatic rings. The summed E-state index contributed by atoms with van der Waals surface area (Å²) in [6.45, 7) is 1.51. The second kappa shape index (κ2) is 6.81. The zero-order valence-electron chi connectivity index (χ0n) is 11.6. The molecule has 0 aromatic heterocycles. The number of nitrogens with one attached hydrogen (secondary N) is 3. The third kappa shape index (κ3) is 4.00. The minimum atomic E-state index is -3.75. The molecule has 3 N–H and O–H groups in total. The normalized spacial score (nSPS) is 15.1. The second-order valence-electron chi connectivity index (χ2n) is 4.79. The molecular weight excluding hydrogens is 312 g/mol. The van der Waals surface area contributed by atoms with Crippen LogP contribution in [0.15, 0.2) is 29.2 Å². The summed E-state index contributed by atoms with van der Waals surface area (Å²) in [5.74, 6) is -0.153. The number of amides is 1. The van der Waals surface area contributed by atoms with Gasteiger partial charge in [-0.05, 0) is 12.1 Å². The smallest absolute Gasteiger partial charge is 0.269 e. The molecule has 1 fully saturated rings. The minimum Gasteiger partial charge on any atom is -0.354 e. The highest BCUT2D eigenvalue weighted by Crippen LogP contribution is 2.15. The number of hydrogen-bond acceptors (Lipinski definition) is 6. The van der Waals surface area contributed by atoms with E-state index in [1.54, 1.807) is 0 Å². The van der Waals surface area contributed by atoms with E-state index in [0.29, 0.717) is 13.1 Å². The Hall–Kier alpha value is -2.04. The van der Waals surface area contributed by atoms with E-state index >= 15 is 0 Å². The average molecular weight is 328 g/mol. The van der Waals surface area contributed by atoms with Crippen LogP contribution >= 0.6 is 0 Å². The summed E-state index contributed by atoms with van der Waals surface area (Å²) in [4.78, 5) is 21.4. The minimum absolute atomic E-state index is 0.0468. The Labute approximate surface area is 127 Å². The van der Waals surface area contributed by atoms with E-state index in [1.807, 2.05) is 0 Å². The molecule has 120 valence electrons. The fourth-order valence-corrected chi connectivity index (χ4v) is 2.85. The first kappa shape index (κ1) is 16.3. The highest BCUT2D eigenvalue weighted by molar-refractivity contribution is 7.89. The molecule has 9 nitrogen and oxygen atoms in total. The summed E-state index contributed by atoms with van der Waals surface area (Å²) in [7, 11) is -3.75. The van der Waals surface area contributed by atoms with Gasteiger partial charge in [0.2, 0.25) is 15.9 Å². The number of hydrogen-bond donors (Lipinski definition) is 3. The maximum Gasteiger partial charge on any atom is 0.269 e. The summed E-state index contributed by atoms with van der Waals surface area (Å²) in [5.41, 5.74) is -0.180. The van der Waals surface area contributed by atoms with E-state index in [0.717, 1.165) is 12.1 Å². The largest absolute Gasteiger partial charge is 0.354 e. The van der Waals surface area contributed by atoms with Gasteiger partial charge in [0.25, 0.3) is 5.69 Å². The maximum absolute atomic E-state index is 12.0. The van der Waals surface area contributed by atoms with Crippen LogP contribution in [-0.2, 0) is 14.8 Å². The van der Waals surface area contributed by atoms with E-state index < -0.39 is 14.9 Å². The van der Waals surface area contributed by atoms with Crippen molar-refractivity contribution >= 4 is 21.6 Å². The van der Waals surface area contributed by atoms with Gasteiger partial charge in [0.1, 0.15) is 0 Å². The molecule has 1 amide bonds. The molecule has 0 unspecified atom stereocenters. The van der Waals surface area contributed by atoms with Crippen molar-refractivity contribution in [3.63, 3.8) is 0 Å². The number of nitro groups is 1. The summed E-state index contributed by atoms with van der Waals surface area (Å²) >= 11 is 0. The van der Waals surface area contributed by atoms with Crippen molar-refractivity contribution in [3.05, 3.63) is 34.4 Å². The Morgan fingerprint density at radius 2 is 1.91 bits per heavy atom. The molecule has 10 heteroatoms. The number of sulfonamides is 1. The molecule has 2 rings (SSSR count). The van der Waals surface area contributed by atoms with Gasteiger partial charge in [-0.1, -0.05) is 0 Å². The molecule has 0 bridgehead atoms. The lowest BCUT2D eigenvalue weighted by atomic mass is 10.0. The van der Waals surface area contributed by atoms with Crippen LogP contribution in [0.2, 0.25) is 0 Å². The van der Waals surface area contributed by atoms with Crippen LogP contribution in [0.5, 0.6) is 0 Å². The van der Waals surface area contributed by atoms with E-state index in [9.17, 15) is 23.3 Å². The third-order valence-corrected chi connectivity index (χ3v) is 4.70. The molecule has 0 aliphatic carbocycles. The van der Waals surface area contributed by atoms with Crippen molar-refractivity contribution in [1.82, 2.24) is 15.4 Å². The molecule has 22 heavy (non-hydrogen) atoms. The summed E-state index contributed by atoms with van der Waals surface area (Å²) in [5, 5.41) is 16.1. The highest BCUT2D eigenvalue weighted by Gasteiger charge is 2.24. The van der Waals surface area contributed by atoms with Crippen LogP contribution < -0.4 is 15.4 Å². The van der Waals surface area contributed by atoms with Gasteiger partial charge in [0, 0.05) is 38.3 Å². The molecule has 0 saturated carbocycles. The number of carbonyl (C=O) groups is 1. The van der Waals surface area contributed by atoms with Crippen LogP contribution in [0.1, 0.15) is 0 Å². The monoisotopic (exact) mass is 328 g/mol. The van der Waals surface area contributed by atoms with E-state index in [2.05, 4.69) is 15.4 Å². The topological polar surface area (TPSA) is 130 Å². The maximum atomic E-state index is 12.0. The van der Waals surface area contributed by atoms with Crippen molar-refractivity contribution in [2.24, 2.45) is 5.92 Å². The third-order valence-electron chi connectivity index (χ3n) is 3.23. The van der Waals surface area contributed by atoms with E-state index in [4.69, 9.17) is 0 Å². The van der Waals surface area contributed by atoms with E-state index in [1.165, 1.54) is 12.1 Å². The Kier molecular flexibility index (Phi) is 5.06. The van der Waals surface area contributed by atoms with Crippen molar-refractivity contribution < 1.29 is 18.1 Å². The lowest BCUT2D eigenvalue weighted by molar-refractivity contribution is -0.384. The lowest BCUT2D eigenvalue weighted by Gasteiger charge is -2.25. The number of benzene rings is 1. The predicted octanol–water partition coefficient (Wildman–Crippen LogP) is -0.791. The molecular formula is C12H16N4O5S. The molecule has 0 spiro atoms. The summed E-state index contributed by atoms with van der Waals surface area (Å²) in [6.07, 6.45) is 0. The van der Waals surface area contributed by atoms with Crippen LogP contribution in [0.3, 0.4) is 0 Å². The Morgan fingerprint density at radius 3 is 2.41 bits per heavy atom. The molecule has 1 aliphatic rings. The predicted molar refractivity (Wildman–Crippen MR) is 77.7 cm³/mol. The summed E-state index contributed by atoms with van der Waals surface area (Å²) in [6, 6.07) is 4.58. The number of rotatable bonds is 7. The van der Waals surface area contributed by atoms with Crippen LogP contribution in [0.25, 0.3) is 0 Å². The van der Waals surface area contributed by atoms with Crippen LogP contribution in [-0.4, -0.2) is 45.4 Å². The SMILES string of the molecule is O=C(NCCNS(=O)(=O)c1ccc([N+](=O)[O-])cc1)C1CNC1. The van der Waals surface area contributed by atoms with Gasteiger partial charge in [0.05, 0.1) is 15.7 Å². The Bertz CT molecular complexity index is 655. The first-order valence-corrected chi connectivity index (χ1v) is 8.11. The fourth-order valence-electron chi connectivity index (χ4n) is 1.82. The van der Waals surface area contributed by atoms with Gasteiger partial charge in [-0.2, -0.15) is 0 Å². The summed E-state index contributed by atoms with van der Waals surface area (Å²) < 4.78 is 26.2. The van der Waals surface area contributed by atoms with Gasteiger partial charge in [-0.3, -0.25) is 14.9 Å². The van der Waals surface area contributed by atoms with Crippen molar-refractivity contribution in [1.29, 1.82) is 0 Å². The molecule has 1 heterocycles. The molecule has 0 atom stereocenters. The average Bonchev–Trinajstić information content (AvgIpc) is 2.42. The molecule has 0 radical (unpaired) electrons. The lowest BCUT2D eigenvalue weighted by Crippen LogP contribution is -2.51. The molecule has 1 aliphatic heterocycles. The first-order valence-electron chi connectivity index (χ1n) is 6.63. The number of nitrogens with zero attached hydrogens (tertiary/aromatic N) is 1. The van der Waals surface area contributed by atoms with Gasteiger partial charge >= 0.3 is 0 Å². The van der Waals surface area contributed by atoms with Gasteiger partial charge in [-0.25, -0.2) is 13.1 Å². The zero-order valence-corrected chi connectivity index (χ0v) is 12.4.